The maximum Gasteiger partial charge on any atom is 0.321 e. The van der Waals surface area contributed by atoms with Crippen LogP contribution in [0.2, 0.25) is 0 Å². The Morgan fingerprint density at radius 1 is 1.07 bits per heavy atom. The SMILES string of the molecule is O=C(Nc1cccc(OC2CCCCC2)c1)N1CCC(O)(CC2CCCC2)CC1. The van der Waals surface area contributed by atoms with Gasteiger partial charge in [0.15, 0.2) is 0 Å². The van der Waals surface area contributed by atoms with Gasteiger partial charge in [-0.15, -0.1) is 0 Å². The van der Waals surface area contributed by atoms with Gasteiger partial charge < -0.3 is 20.1 Å². The topological polar surface area (TPSA) is 61.8 Å². The number of rotatable bonds is 5. The highest BCUT2D eigenvalue weighted by molar-refractivity contribution is 5.89. The lowest BCUT2D eigenvalue weighted by molar-refractivity contribution is -0.0295. The monoisotopic (exact) mass is 400 g/mol. The van der Waals surface area contributed by atoms with Gasteiger partial charge in [-0.1, -0.05) is 38.2 Å². The third-order valence-electron chi connectivity index (χ3n) is 7.07. The van der Waals surface area contributed by atoms with E-state index in [0.717, 1.165) is 30.7 Å². The van der Waals surface area contributed by atoms with E-state index in [1.807, 2.05) is 29.2 Å². The summed E-state index contributed by atoms with van der Waals surface area (Å²) in [6.45, 7) is 1.24. The number of nitrogens with zero attached hydrogens (tertiary/aromatic N) is 1. The number of likely N-dealkylation sites (tertiary alicyclic amines) is 1. The van der Waals surface area contributed by atoms with Crippen LogP contribution in [-0.4, -0.2) is 40.8 Å². The number of nitrogens with one attached hydrogen (secondary N) is 1. The zero-order valence-corrected chi connectivity index (χ0v) is 17.6. The fourth-order valence-corrected chi connectivity index (χ4v) is 5.31. The maximum atomic E-state index is 12.7. The number of amides is 2. The molecule has 29 heavy (non-hydrogen) atoms. The highest BCUT2D eigenvalue weighted by atomic mass is 16.5. The van der Waals surface area contributed by atoms with Crippen molar-refractivity contribution in [1.29, 1.82) is 0 Å². The minimum absolute atomic E-state index is 0.0808. The molecule has 3 fully saturated rings. The third-order valence-corrected chi connectivity index (χ3v) is 7.07. The van der Waals surface area contributed by atoms with Gasteiger partial charge in [0.2, 0.25) is 0 Å². The number of urea groups is 1. The Morgan fingerprint density at radius 3 is 2.48 bits per heavy atom. The fraction of sp³-hybridized carbons (Fsp3) is 0.708. The molecule has 2 amide bonds. The van der Waals surface area contributed by atoms with Gasteiger partial charge in [0.25, 0.3) is 0 Å². The first-order valence-electron chi connectivity index (χ1n) is 11.6. The van der Waals surface area contributed by atoms with E-state index >= 15 is 0 Å². The molecule has 5 heteroatoms. The lowest BCUT2D eigenvalue weighted by atomic mass is 9.82. The molecule has 0 unspecified atom stereocenters. The summed E-state index contributed by atoms with van der Waals surface area (Å²) in [7, 11) is 0. The standard InChI is InChI=1S/C24H36N2O3/c27-23(26-15-13-24(28,14-16-26)18-19-7-4-5-8-19)25-20-9-6-12-22(17-20)29-21-10-2-1-3-11-21/h6,9,12,17,19,21,28H,1-5,7-8,10-11,13-16,18H2,(H,25,27). The lowest BCUT2D eigenvalue weighted by Gasteiger charge is -2.39. The molecular weight excluding hydrogens is 364 g/mol. The number of anilines is 1. The van der Waals surface area contributed by atoms with Crippen molar-refractivity contribution in [3.8, 4) is 5.75 Å². The number of ether oxygens (including phenoxy) is 1. The van der Waals surface area contributed by atoms with E-state index in [0.29, 0.717) is 38.0 Å². The van der Waals surface area contributed by atoms with Crippen LogP contribution >= 0.6 is 0 Å². The van der Waals surface area contributed by atoms with E-state index in [9.17, 15) is 9.90 Å². The van der Waals surface area contributed by atoms with Crippen molar-refractivity contribution in [3.63, 3.8) is 0 Å². The second kappa shape index (κ2) is 9.38. The van der Waals surface area contributed by atoms with Gasteiger partial charge in [0.05, 0.1) is 11.7 Å². The summed E-state index contributed by atoms with van der Waals surface area (Å²) in [5.41, 5.74) is 0.189. The summed E-state index contributed by atoms with van der Waals surface area (Å²) in [6.07, 6.45) is 13.7. The van der Waals surface area contributed by atoms with Crippen molar-refractivity contribution in [2.75, 3.05) is 18.4 Å². The van der Waals surface area contributed by atoms with Crippen LogP contribution in [0.25, 0.3) is 0 Å². The largest absolute Gasteiger partial charge is 0.490 e. The van der Waals surface area contributed by atoms with Crippen LogP contribution < -0.4 is 10.1 Å². The molecule has 1 heterocycles. The van der Waals surface area contributed by atoms with Crippen LogP contribution in [-0.2, 0) is 0 Å². The number of benzene rings is 1. The Morgan fingerprint density at radius 2 is 1.76 bits per heavy atom. The van der Waals surface area contributed by atoms with Gasteiger partial charge in [-0.25, -0.2) is 4.79 Å². The molecule has 1 aliphatic heterocycles. The highest BCUT2D eigenvalue weighted by Crippen LogP contribution is 2.36. The quantitative estimate of drug-likeness (QED) is 0.701. The Labute approximate surface area is 174 Å². The summed E-state index contributed by atoms with van der Waals surface area (Å²) in [5.74, 6) is 1.51. The normalized spacial score (nSPS) is 23.1. The third kappa shape index (κ3) is 5.65. The molecule has 160 valence electrons. The number of piperidine rings is 1. The van der Waals surface area contributed by atoms with Crippen LogP contribution in [0.3, 0.4) is 0 Å². The van der Waals surface area contributed by atoms with E-state index in [4.69, 9.17) is 4.74 Å². The van der Waals surface area contributed by atoms with Crippen LogP contribution in [0.5, 0.6) is 5.75 Å². The lowest BCUT2D eigenvalue weighted by Crippen LogP contribution is -2.48. The van der Waals surface area contributed by atoms with Gasteiger partial charge in [-0.05, 0) is 63.0 Å². The molecule has 4 rings (SSSR count). The molecule has 0 spiro atoms. The Balaban J connectivity index is 1.26. The molecule has 3 aliphatic rings. The van der Waals surface area contributed by atoms with Gasteiger partial charge in [-0.3, -0.25) is 0 Å². The van der Waals surface area contributed by atoms with Crippen molar-refractivity contribution in [1.82, 2.24) is 4.90 Å². The minimum Gasteiger partial charge on any atom is -0.490 e. The molecule has 5 nitrogen and oxygen atoms in total. The average molecular weight is 401 g/mol. The van der Waals surface area contributed by atoms with E-state index in [1.165, 1.54) is 44.9 Å². The molecule has 0 aromatic heterocycles. The molecule has 2 aliphatic carbocycles. The Kier molecular flexibility index (Phi) is 6.63. The van der Waals surface area contributed by atoms with E-state index in [1.54, 1.807) is 0 Å². The number of hydrogen-bond donors (Lipinski definition) is 2. The van der Waals surface area contributed by atoms with Crippen LogP contribution in [0, 0.1) is 5.92 Å². The predicted molar refractivity (Wildman–Crippen MR) is 115 cm³/mol. The van der Waals surface area contributed by atoms with E-state index in [-0.39, 0.29) is 6.03 Å². The minimum atomic E-state index is -0.584. The molecule has 1 aromatic rings. The van der Waals surface area contributed by atoms with E-state index in [2.05, 4.69) is 5.32 Å². The fourth-order valence-electron chi connectivity index (χ4n) is 5.31. The van der Waals surface area contributed by atoms with Gasteiger partial charge >= 0.3 is 6.03 Å². The summed E-state index contributed by atoms with van der Waals surface area (Å²) >= 11 is 0. The second-order valence-electron chi connectivity index (χ2n) is 9.40. The Bertz CT molecular complexity index is 672. The average Bonchev–Trinajstić information content (AvgIpc) is 3.22. The van der Waals surface area contributed by atoms with Gasteiger partial charge in [0, 0.05) is 24.8 Å². The summed E-state index contributed by atoms with van der Waals surface area (Å²) in [4.78, 5) is 14.5. The zero-order valence-electron chi connectivity index (χ0n) is 17.6. The maximum absolute atomic E-state index is 12.7. The number of hydrogen-bond acceptors (Lipinski definition) is 3. The molecule has 2 saturated carbocycles. The summed E-state index contributed by atoms with van der Waals surface area (Å²) in [6, 6.07) is 7.65. The Hall–Kier alpha value is -1.75. The number of aliphatic hydroxyl groups is 1. The second-order valence-corrected chi connectivity index (χ2v) is 9.40. The van der Waals surface area contributed by atoms with Crippen molar-refractivity contribution in [2.45, 2.75) is 88.8 Å². The molecule has 0 bridgehead atoms. The van der Waals surface area contributed by atoms with Crippen molar-refractivity contribution >= 4 is 11.7 Å². The number of carbonyl (C=O) groups excluding carboxylic acids is 1. The van der Waals surface area contributed by atoms with Crippen molar-refractivity contribution < 1.29 is 14.6 Å². The molecular formula is C24H36N2O3. The van der Waals surface area contributed by atoms with Crippen LogP contribution in [0.1, 0.15) is 77.0 Å². The first-order chi connectivity index (χ1) is 14.1. The van der Waals surface area contributed by atoms with Crippen LogP contribution in [0.15, 0.2) is 24.3 Å². The van der Waals surface area contributed by atoms with Gasteiger partial charge in [0.1, 0.15) is 5.75 Å². The first kappa shape index (κ1) is 20.5. The highest BCUT2D eigenvalue weighted by Gasteiger charge is 2.36. The molecule has 1 aromatic carbocycles. The predicted octanol–water partition coefficient (Wildman–Crippen LogP) is 5.34. The smallest absolute Gasteiger partial charge is 0.321 e. The van der Waals surface area contributed by atoms with Crippen molar-refractivity contribution in [3.05, 3.63) is 24.3 Å². The summed E-state index contributed by atoms with van der Waals surface area (Å²) < 4.78 is 6.12. The zero-order chi connectivity index (χ0) is 20.1. The van der Waals surface area contributed by atoms with E-state index < -0.39 is 5.60 Å². The molecule has 1 saturated heterocycles. The van der Waals surface area contributed by atoms with Crippen molar-refractivity contribution in [2.24, 2.45) is 5.92 Å². The number of carbonyl (C=O) groups is 1. The molecule has 0 radical (unpaired) electrons. The van der Waals surface area contributed by atoms with Gasteiger partial charge in [-0.2, -0.15) is 0 Å². The molecule has 2 N–H and O–H groups in total. The molecule has 0 atom stereocenters. The first-order valence-corrected chi connectivity index (χ1v) is 11.6. The van der Waals surface area contributed by atoms with Crippen LogP contribution in [0.4, 0.5) is 10.5 Å². The summed E-state index contributed by atoms with van der Waals surface area (Å²) in [5, 5.41) is 14.0.